The molecule has 0 bridgehead atoms. The highest BCUT2D eigenvalue weighted by Crippen LogP contribution is 2.59. The minimum atomic E-state index is -0.142. The molecule has 0 aromatic heterocycles. The minimum absolute atomic E-state index is 0.142. The molecule has 0 heterocycles. The van der Waals surface area contributed by atoms with Crippen LogP contribution in [0.3, 0.4) is 0 Å². The smallest absolute Gasteiger partial charge is 0.123 e. The van der Waals surface area contributed by atoms with Crippen LogP contribution in [0.25, 0.3) is 0 Å². The van der Waals surface area contributed by atoms with Crippen LogP contribution < -0.4 is 5.73 Å². The zero-order valence-corrected chi connectivity index (χ0v) is 10.9. The maximum atomic E-state index is 13.3. The third kappa shape index (κ3) is 1.70. The molecule has 1 saturated carbocycles. The molecule has 0 amide bonds. The summed E-state index contributed by atoms with van der Waals surface area (Å²) in [5, 5.41) is 0. The standard InChI is InChI=1S/C15H22FN/c1-4-15(5-2)13(10(3)14(15)17)11-7-6-8-12(16)9-11/h6-10,13-14H,4-5,17H2,1-3H3. The first-order chi connectivity index (χ1) is 8.06. The molecule has 3 unspecified atom stereocenters. The van der Waals surface area contributed by atoms with Crippen molar-refractivity contribution >= 4 is 0 Å². The van der Waals surface area contributed by atoms with Crippen molar-refractivity contribution in [2.75, 3.05) is 0 Å². The molecule has 0 spiro atoms. The van der Waals surface area contributed by atoms with Gasteiger partial charge in [-0.25, -0.2) is 4.39 Å². The Kier molecular flexibility index (Phi) is 3.26. The summed E-state index contributed by atoms with van der Waals surface area (Å²) in [5.41, 5.74) is 7.57. The summed E-state index contributed by atoms with van der Waals surface area (Å²) in [4.78, 5) is 0. The topological polar surface area (TPSA) is 26.0 Å². The number of hydrogen-bond donors (Lipinski definition) is 1. The van der Waals surface area contributed by atoms with Crippen LogP contribution in [0.1, 0.15) is 45.1 Å². The maximum absolute atomic E-state index is 13.3. The van der Waals surface area contributed by atoms with Crippen molar-refractivity contribution in [2.45, 2.75) is 45.6 Å². The van der Waals surface area contributed by atoms with Gasteiger partial charge in [-0.3, -0.25) is 0 Å². The van der Waals surface area contributed by atoms with Gasteiger partial charge in [0.2, 0.25) is 0 Å². The van der Waals surface area contributed by atoms with Gasteiger partial charge in [-0.1, -0.05) is 32.9 Å². The van der Waals surface area contributed by atoms with Gasteiger partial charge in [-0.05, 0) is 47.8 Å². The maximum Gasteiger partial charge on any atom is 0.123 e. The lowest BCUT2D eigenvalue weighted by Crippen LogP contribution is -2.62. The SMILES string of the molecule is CCC1(CC)C(N)C(C)C1c1cccc(F)c1. The molecule has 1 aliphatic rings. The van der Waals surface area contributed by atoms with Gasteiger partial charge in [0.25, 0.3) is 0 Å². The van der Waals surface area contributed by atoms with Crippen LogP contribution in [0.4, 0.5) is 4.39 Å². The zero-order chi connectivity index (χ0) is 12.6. The number of benzene rings is 1. The van der Waals surface area contributed by atoms with Crippen LogP contribution in [0.5, 0.6) is 0 Å². The molecule has 17 heavy (non-hydrogen) atoms. The Morgan fingerprint density at radius 2 is 1.94 bits per heavy atom. The lowest BCUT2D eigenvalue weighted by Gasteiger charge is -2.59. The predicted molar refractivity (Wildman–Crippen MR) is 69.3 cm³/mol. The molecule has 1 aromatic rings. The first kappa shape index (κ1) is 12.6. The molecule has 1 nitrogen and oxygen atoms in total. The zero-order valence-electron chi connectivity index (χ0n) is 10.9. The molecule has 2 heteroatoms. The fourth-order valence-electron chi connectivity index (χ4n) is 3.84. The van der Waals surface area contributed by atoms with E-state index >= 15 is 0 Å². The van der Waals surface area contributed by atoms with Crippen molar-refractivity contribution in [3.05, 3.63) is 35.6 Å². The average molecular weight is 235 g/mol. The largest absolute Gasteiger partial charge is 0.327 e. The van der Waals surface area contributed by atoms with Gasteiger partial charge in [0.15, 0.2) is 0 Å². The summed E-state index contributed by atoms with van der Waals surface area (Å²) in [7, 11) is 0. The summed E-state index contributed by atoms with van der Waals surface area (Å²) in [6.07, 6.45) is 2.13. The molecular weight excluding hydrogens is 213 g/mol. The fraction of sp³-hybridized carbons (Fsp3) is 0.600. The number of hydrogen-bond acceptors (Lipinski definition) is 1. The highest BCUT2D eigenvalue weighted by atomic mass is 19.1. The minimum Gasteiger partial charge on any atom is -0.327 e. The molecule has 1 aromatic carbocycles. The van der Waals surface area contributed by atoms with Crippen molar-refractivity contribution in [2.24, 2.45) is 17.1 Å². The van der Waals surface area contributed by atoms with E-state index < -0.39 is 0 Å². The van der Waals surface area contributed by atoms with Gasteiger partial charge in [0.05, 0.1) is 0 Å². The molecule has 0 radical (unpaired) electrons. The van der Waals surface area contributed by atoms with Crippen LogP contribution in [0.2, 0.25) is 0 Å². The molecular formula is C15H22FN. The molecule has 0 saturated heterocycles. The molecule has 1 aliphatic carbocycles. The number of halogens is 1. The van der Waals surface area contributed by atoms with E-state index in [0.717, 1.165) is 18.4 Å². The van der Waals surface area contributed by atoms with Gasteiger partial charge in [-0.2, -0.15) is 0 Å². The highest BCUT2D eigenvalue weighted by molar-refractivity contribution is 5.30. The van der Waals surface area contributed by atoms with Crippen molar-refractivity contribution in [3.63, 3.8) is 0 Å². The summed E-state index contributed by atoms with van der Waals surface area (Å²) in [5.74, 6) is 0.705. The van der Waals surface area contributed by atoms with Gasteiger partial charge in [0.1, 0.15) is 5.82 Å². The van der Waals surface area contributed by atoms with Gasteiger partial charge in [0, 0.05) is 6.04 Å². The van der Waals surface area contributed by atoms with Crippen LogP contribution >= 0.6 is 0 Å². The van der Waals surface area contributed by atoms with E-state index in [9.17, 15) is 4.39 Å². The Hall–Kier alpha value is -0.890. The Labute approximate surface area is 103 Å². The number of nitrogens with two attached hydrogens (primary N) is 1. The monoisotopic (exact) mass is 235 g/mol. The summed E-state index contributed by atoms with van der Waals surface area (Å²) >= 11 is 0. The summed E-state index contributed by atoms with van der Waals surface area (Å²) in [6, 6.07) is 7.26. The fourth-order valence-corrected chi connectivity index (χ4v) is 3.84. The quantitative estimate of drug-likeness (QED) is 0.849. The second kappa shape index (κ2) is 4.41. The van der Waals surface area contributed by atoms with Crippen molar-refractivity contribution in [1.29, 1.82) is 0 Å². The Morgan fingerprint density at radius 3 is 2.47 bits per heavy atom. The van der Waals surface area contributed by atoms with Crippen molar-refractivity contribution < 1.29 is 4.39 Å². The average Bonchev–Trinajstić information content (AvgIpc) is 2.34. The lowest BCUT2D eigenvalue weighted by atomic mass is 9.47. The van der Waals surface area contributed by atoms with Gasteiger partial charge >= 0.3 is 0 Å². The van der Waals surface area contributed by atoms with E-state index in [1.54, 1.807) is 12.1 Å². The molecule has 2 rings (SSSR count). The lowest BCUT2D eigenvalue weighted by molar-refractivity contribution is -0.0181. The van der Waals surface area contributed by atoms with E-state index in [1.165, 1.54) is 6.07 Å². The summed E-state index contributed by atoms with van der Waals surface area (Å²) < 4.78 is 13.3. The first-order valence-electron chi connectivity index (χ1n) is 6.58. The van der Waals surface area contributed by atoms with E-state index in [0.29, 0.717) is 11.8 Å². The second-order valence-corrected chi connectivity index (χ2v) is 5.36. The number of rotatable bonds is 3. The first-order valence-corrected chi connectivity index (χ1v) is 6.58. The normalized spacial score (nSPS) is 31.0. The van der Waals surface area contributed by atoms with Gasteiger partial charge < -0.3 is 5.73 Å². The molecule has 3 atom stereocenters. The van der Waals surface area contributed by atoms with Crippen LogP contribution in [-0.4, -0.2) is 6.04 Å². The van der Waals surface area contributed by atoms with E-state index in [1.807, 2.05) is 6.07 Å². The van der Waals surface area contributed by atoms with Gasteiger partial charge in [-0.15, -0.1) is 0 Å². The van der Waals surface area contributed by atoms with Crippen LogP contribution in [0.15, 0.2) is 24.3 Å². The third-order valence-electron chi connectivity index (χ3n) is 4.90. The van der Waals surface area contributed by atoms with Crippen molar-refractivity contribution in [1.82, 2.24) is 0 Å². The van der Waals surface area contributed by atoms with Crippen LogP contribution in [-0.2, 0) is 0 Å². The molecule has 2 N–H and O–H groups in total. The predicted octanol–water partition coefficient (Wildman–Crippen LogP) is 3.69. The molecule has 1 fully saturated rings. The Morgan fingerprint density at radius 1 is 1.29 bits per heavy atom. The Balaban J connectivity index is 2.37. The third-order valence-corrected chi connectivity index (χ3v) is 4.90. The summed E-state index contributed by atoms with van der Waals surface area (Å²) in [6.45, 7) is 6.58. The van der Waals surface area contributed by atoms with Crippen LogP contribution in [0, 0.1) is 17.2 Å². The second-order valence-electron chi connectivity index (χ2n) is 5.36. The van der Waals surface area contributed by atoms with Crippen molar-refractivity contribution in [3.8, 4) is 0 Å². The molecule has 0 aliphatic heterocycles. The Bertz CT molecular complexity index is 398. The highest BCUT2D eigenvalue weighted by Gasteiger charge is 2.56. The van der Waals surface area contributed by atoms with E-state index in [2.05, 4.69) is 20.8 Å². The van der Waals surface area contributed by atoms with E-state index in [-0.39, 0.29) is 17.3 Å². The van der Waals surface area contributed by atoms with E-state index in [4.69, 9.17) is 5.73 Å². The molecule has 94 valence electrons.